The zero-order valence-electron chi connectivity index (χ0n) is 10.3. The summed E-state index contributed by atoms with van der Waals surface area (Å²) in [5, 5.41) is 2.92. The van der Waals surface area contributed by atoms with Crippen molar-refractivity contribution in [1.29, 1.82) is 0 Å². The third kappa shape index (κ3) is 3.09. The van der Waals surface area contributed by atoms with E-state index in [1.165, 1.54) is 0 Å². The Bertz CT molecular complexity index is 218. The molecule has 88 valence electrons. The number of carbonyl (C=O) groups excluding carboxylic acids is 1. The van der Waals surface area contributed by atoms with E-state index in [1.807, 2.05) is 4.90 Å². The third-order valence-corrected chi connectivity index (χ3v) is 3.05. The number of rotatable bonds is 3. The maximum atomic E-state index is 11.7. The number of hydrogen-bond acceptors (Lipinski definition) is 2. The Kier molecular flexibility index (Phi) is 4.39. The summed E-state index contributed by atoms with van der Waals surface area (Å²) < 4.78 is 0. The highest BCUT2D eigenvalue weighted by atomic mass is 16.2. The van der Waals surface area contributed by atoms with Gasteiger partial charge in [0, 0.05) is 25.7 Å². The van der Waals surface area contributed by atoms with E-state index in [-0.39, 0.29) is 6.03 Å². The lowest BCUT2D eigenvalue weighted by molar-refractivity contribution is 0.203. The van der Waals surface area contributed by atoms with Gasteiger partial charge in [-0.25, -0.2) is 4.79 Å². The zero-order chi connectivity index (χ0) is 11.4. The van der Waals surface area contributed by atoms with Gasteiger partial charge in [-0.05, 0) is 26.4 Å². The Morgan fingerprint density at radius 1 is 1.47 bits per heavy atom. The number of likely N-dealkylation sites (N-methyl/N-ethyl adjacent to an activating group) is 1. The minimum atomic E-state index is 0.0908. The predicted molar refractivity (Wildman–Crippen MR) is 61.9 cm³/mol. The van der Waals surface area contributed by atoms with Crippen molar-refractivity contribution in [3.63, 3.8) is 0 Å². The number of likely N-dealkylation sites (tertiary alicyclic amines) is 1. The van der Waals surface area contributed by atoms with Gasteiger partial charge in [-0.3, -0.25) is 0 Å². The Morgan fingerprint density at radius 3 is 2.60 bits per heavy atom. The molecule has 0 aromatic carbocycles. The summed E-state index contributed by atoms with van der Waals surface area (Å²) in [6.45, 7) is 6.77. The standard InChI is InChI=1S/C11H23N3O/c1-5-6-12-11(15)14-7-9(2)10(8-14)13(3)4/h9-10H,5-8H2,1-4H3,(H,12,15). The van der Waals surface area contributed by atoms with Crippen molar-refractivity contribution in [1.82, 2.24) is 15.1 Å². The predicted octanol–water partition coefficient (Wildman–Crippen LogP) is 0.988. The van der Waals surface area contributed by atoms with Gasteiger partial charge < -0.3 is 15.1 Å². The summed E-state index contributed by atoms with van der Waals surface area (Å²) in [5.41, 5.74) is 0. The smallest absolute Gasteiger partial charge is 0.317 e. The van der Waals surface area contributed by atoms with Gasteiger partial charge >= 0.3 is 6.03 Å². The molecule has 15 heavy (non-hydrogen) atoms. The highest BCUT2D eigenvalue weighted by Crippen LogP contribution is 2.19. The van der Waals surface area contributed by atoms with Crippen LogP contribution in [0.4, 0.5) is 4.79 Å². The van der Waals surface area contributed by atoms with Crippen LogP contribution in [0.2, 0.25) is 0 Å². The number of carbonyl (C=O) groups is 1. The van der Waals surface area contributed by atoms with Crippen LogP contribution in [0, 0.1) is 5.92 Å². The van der Waals surface area contributed by atoms with Crippen LogP contribution >= 0.6 is 0 Å². The Morgan fingerprint density at radius 2 is 2.13 bits per heavy atom. The minimum Gasteiger partial charge on any atom is -0.338 e. The van der Waals surface area contributed by atoms with Crippen LogP contribution in [0.5, 0.6) is 0 Å². The molecule has 0 spiro atoms. The first kappa shape index (κ1) is 12.3. The molecule has 2 unspecified atom stereocenters. The molecule has 0 bridgehead atoms. The second-order valence-corrected chi connectivity index (χ2v) is 4.65. The number of amides is 2. The molecule has 0 aromatic rings. The number of urea groups is 1. The molecule has 4 nitrogen and oxygen atoms in total. The molecule has 1 saturated heterocycles. The summed E-state index contributed by atoms with van der Waals surface area (Å²) in [4.78, 5) is 15.8. The van der Waals surface area contributed by atoms with E-state index in [0.717, 1.165) is 26.1 Å². The van der Waals surface area contributed by atoms with Gasteiger partial charge in [-0.1, -0.05) is 13.8 Å². The molecule has 0 aliphatic carbocycles. The molecule has 2 amide bonds. The normalized spacial score (nSPS) is 26.1. The summed E-state index contributed by atoms with van der Waals surface area (Å²) in [5.74, 6) is 0.562. The molecule has 1 aliphatic rings. The van der Waals surface area contributed by atoms with Crippen LogP contribution in [0.25, 0.3) is 0 Å². The van der Waals surface area contributed by atoms with Gasteiger partial charge in [0.1, 0.15) is 0 Å². The van der Waals surface area contributed by atoms with Crippen LogP contribution in [-0.2, 0) is 0 Å². The third-order valence-electron chi connectivity index (χ3n) is 3.05. The Balaban J connectivity index is 2.43. The minimum absolute atomic E-state index is 0.0908. The van der Waals surface area contributed by atoms with E-state index in [1.54, 1.807) is 0 Å². The Hall–Kier alpha value is -0.770. The van der Waals surface area contributed by atoms with Crippen molar-refractivity contribution >= 4 is 6.03 Å². The van der Waals surface area contributed by atoms with Gasteiger partial charge in [0.15, 0.2) is 0 Å². The van der Waals surface area contributed by atoms with E-state index < -0.39 is 0 Å². The van der Waals surface area contributed by atoms with Gasteiger partial charge in [0.05, 0.1) is 0 Å². The van der Waals surface area contributed by atoms with E-state index in [0.29, 0.717) is 12.0 Å². The fraction of sp³-hybridized carbons (Fsp3) is 0.909. The fourth-order valence-electron chi connectivity index (χ4n) is 2.13. The second-order valence-electron chi connectivity index (χ2n) is 4.65. The lowest BCUT2D eigenvalue weighted by atomic mass is 10.1. The SMILES string of the molecule is CCCNC(=O)N1CC(C)C(N(C)C)C1. The first-order chi connectivity index (χ1) is 7.06. The second kappa shape index (κ2) is 5.35. The fourth-order valence-corrected chi connectivity index (χ4v) is 2.13. The lowest BCUT2D eigenvalue weighted by Crippen LogP contribution is -2.40. The number of nitrogens with one attached hydrogen (secondary N) is 1. The molecule has 1 heterocycles. The quantitative estimate of drug-likeness (QED) is 0.759. The molecule has 1 aliphatic heterocycles. The van der Waals surface area contributed by atoms with Crippen LogP contribution in [-0.4, -0.2) is 55.6 Å². The maximum Gasteiger partial charge on any atom is 0.317 e. The lowest BCUT2D eigenvalue weighted by Gasteiger charge is -2.22. The topological polar surface area (TPSA) is 35.6 Å². The summed E-state index contributed by atoms with van der Waals surface area (Å²) in [6, 6.07) is 0.588. The monoisotopic (exact) mass is 213 g/mol. The Labute approximate surface area is 92.6 Å². The van der Waals surface area contributed by atoms with Crippen molar-refractivity contribution in [2.45, 2.75) is 26.3 Å². The summed E-state index contributed by atoms with van der Waals surface area (Å²) in [6.07, 6.45) is 0.992. The first-order valence-corrected chi connectivity index (χ1v) is 5.75. The molecule has 1 N–H and O–H groups in total. The number of hydrogen-bond donors (Lipinski definition) is 1. The van der Waals surface area contributed by atoms with Crippen molar-refractivity contribution in [3.05, 3.63) is 0 Å². The molecule has 0 saturated carbocycles. The van der Waals surface area contributed by atoms with E-state index >= 15 is 0 Å². The molecular weight excluding hydrogens is 190 g/mol. The van der Waals surface area contributed by atoms with Gasteiger partial charge in [-0.15, -0.1) is 0 Å². The van der Waals surface area contributed by atoms with E-state index in [4.69, 9.17) is 0 Å². The average Bonchev–Trinajstić information content (AvgIpc) is 2.56. The van der Waals surface area contributed by atoms with E-state index in [9.17, 15) is 4.79 Å². The van der Waals surface area contributed by atoms with Crippen LogP contribution in [0.3, 0.4) is 0 Å². The van der Waals surface area contributed by atoms with Crippen molar-refractivity contribution in [2.75, 3.05) is 33.7 Å². The molecule has 0 aromatic heterocycles. The molecule has 2 atom stereocenters. The van der Waals surface area contributed by atoms with Crippen molar-refractivity contribution in [2.24, 2.45) is 5.92 Å². The highest BCUT2D eigenvalue weighted by Gasteiger charge is 2.33. The summed E-state index contributed by atoms with van der Waals surface area (Å²) >= 11 is 0. The molecule has 1 fully saturated rings. The molecule has 0 radical (unpaired) electrons. The largest absolute Gasteiger partial charge is 0.338 e. The summed E-state index contributed by atoms with van der Waals surface area (Å²) in [7, 11) is 4.16. The zero-order valence-corrected chi connectivity index (χ0v) is 10.3. The van der Waals surface area contributed by atoms with Gasteiger partial charge in [-0.2, -0.15) is 0 Å². The first-order valence-electron chi connectivity index (χ1n) is 5.75. The van der Waals surface area contributed by atoms with Gasteiger partial charge in [0.25, 0.3) is 0 Å². The molecule has 4 heteroatoms. The molecule has 1 rings (SSSR count). The van der Waals surface area contributed by atoms with Crippen LogP contribution < -0.4 is 5.32 Å². The van der Waals surface area contributed by atoms with Crippen LogP contribution in [0.15, 0.2) is 0 Å². The van der Waals surface area contributed by atoms with Crippen molar-refractivity contribution < 1.29 is 4.79 Å². The highest BCUT2D eigenvalue weighted by molar-refractivity contribution is 5.74. The maximum absolute atomic E-state index is 11.7. The number of nitrogens with zero attached hydrogens (tertiary/aromatic N) is 2. The van der Waals surface area contributed by atoms with Crippen molar-refractivity contribution in [3.8, 4) is 0 Å². The van der Waals surface area contributed by atoms with Crippen LogP contribution in [0.1, 0.15) is 20.3 Å². The average molecular weight is 213 g/mol. The van der Waals surface area contributed by atoms with E-state index in [2.05, 4.69) is 38.2 Å². The molecular formula is C11H23N3O. The van der Waals surface area contributed by atoms with Gasteiger partial charge in [0.2, 0.25) is 0 Å².